The zero-order valence-corrected chi connectivity index (χ0v) is 11.1. The lowest BCUT2D eigenvalue weighted by Crippen LogP contribution is -2.11. The minimum atomic E-state index is 0.0702. The van der Waals surface area contributed by atoms with E-state index in [2.05, 4.69) is 4.98 Å². The fraction of sp³-hybridized carbons (Fsp3) is 0.143. The number of hydrogen-bond donors (Lipinski definition) is 2. The summed E-state index contributed by atoms with van der Waals surface area (Å²) in [5, 5.41) is 9.02. The summed E-state index contributed by atoms with van der Waals surface area (Å²) >= 11 is 4.88. The molecular weight excluding hydrogens is 260 g/mol. The highest BCUT2D eigenvalue weighted by Gasteiger charge is 2.06. The monoisotopic (exact) mass is 274 g/mol. The van der Waals surface area contributed by atoms with Crippen LogP contribution in [0, 0.1) is 0 Å². The number of benzene rings is 1. The predicted molar refractivity (Wildman–Crippen MR) is 77.4 cm³/mol. The number of para-hydroxylation sites is 1. The van der Waals surface area contributed by atoms with Crippen molar-refractivity contribution in [1.29, 1.82) is 0 Å². The van der Waals surface area contributed by atoms with Gasteiger partial charge in [0, 0.05) is 12.7 Å². The quantitative estimate of drug-likeness (QED) is 0.817. The third-order valence-electron chi connectivity index (χ3n) is 2.54. The minimum Gasteiger partial charge on any atom is -0.439 e. The number of hydrogen-bond acceptors (Lipinski definition) is 4. The Bertz CT molecular complexity index is 587. The van der Waals surface area contributed by atoms with Gasteiger partial charge in [-0.2, -0.15) is 0 Å². The molecule has 3 N–H and O–H groups in total. The van der Waals surface area contributed by atoms with E-state index in [-0.39, 0.29) is 11.6 Å². The molecule has 1 heterocycles. The summed E-state index contributed by atoms with van der Waals surface area (Å²) in [6, 6.07) is 12.8. The van der Waals surface area contributed by atoms with Gasteiger partial charge < -0.3 is 15.6 Å². The van der Waals surface area contributed by atoms with E-state index in [0.717, 1.165) is 5.56 Å². The van der Waals surface area contributed by atoms with Crippen molar-refractivity contribution in [2.24, 2.45) is 5.73 Å². The average molecular weight is 274 g/mol. The first-order valence-electron chi connectivity index (χ1n) is 5.84. The molecule has 98 valence electrons. The Kier molecular flexibility index (Phi) is 4.43. The molecule has 0 aliphatic rings. The fourth-order valence-electron chi connectivity index (χ4n) is 1.65. The first-order chi connectivity index (χ1) is 9.20. The number of aliphatic hydroxyl groups excluding tert-OH is 1. The van der Waals surface area contributed by atoms with E-state index in [1.165, 1.54) is 0 Å². The van der Waals surface area contributed by atoms with Crippen LogP contribution in [0.4, 0.5) is 0 Å². The van der Waals surface area contributed by atoms with Crippen LogP contribution >= 0.6 is 12.2 Å². The molecule has 0 amide bonds. The number of aromatic nitrogens is 1. The van der Waals surface area contributed by atoms with Crippen LogP contribution < -0.4 is 10.5 Å². The highest BCUT2D eigenvalue weighted by molar-refractivity contribution is 7.80. The van der Waals surface area contributed by atoms with Crippen molar-refractivity contribution < 1.29 is 9.84 Å². The molecule has 5 heteroatoms. The fourth-order valence-corrected chi connectivity index (χ4v) is 1.77. The predicted octanol–water partition coefficient (Wildman–Crippen LogP) is 2.04. The summed E-state index contributed by atoms with van der Waals surface area (Å²) in [5.74, 6) is 1.10. The van der Waals surface area contributed by atoms with Crippen LogP contribution in [0.15, 0.2) is 42.5 Å². The molecule has 0 aliphatic heterocycles. The van der Waals surface area contributed by atoms with Crippen molar-refractivity contribution in [1.82, 2.24) is 4.98 Å². The van der Waals surface area contributed by atoms with E-state index in [1.807, 2.05) is 24.3 Å². The average Bonchev–Trinajstić information content (AvgIpc) is 2.41. The summed E-state index contributed by atoms with van der Waals surface area (Å²) in [6.07, 6.45) is 0.533. The molecule has 4 nitrogen and oxygen atoms in total. The van der Waals surface area contributed by atoms with Crippen LogP contribution in [0.25, 0.3) is 0 Å². The summed E-state index contributed by atoms with van der Waals surface area (Å²) in [7, 11) is 0. The van der Waals surface area contributed by atoms with Crippen LogP contribution in [0.2, 0.25) is 0 Å². The van der Waals surface area contributed by atoms with E-state index < -0.39 is 0 Å². The molecule has 19 heavy (non-hydrogen) atoms. The molecule has 0 saturated carbocycles. The Morgan fingerprint density at radius 2 is 2.00 bits per heavy atom. The third kappa shape index (κ3) is 3.49. The van der Waals surface area contributed by atoms with Crippen molar-refractivity contribution >= 4 is 17.2 Å². The van der Waals surface area contributed by atoms with Gasteiger partial charge in [-0.15, -0.1) is 0 Å². The lowest BCUT2D eigenvalue weighted by molar-refractivity contribution is 0.297. The summed E-state index contributed by atoms with van der Waals surface area (Å²) in [4.78, 5) is 4.45. The van der Waals surface area contributed by atoms with Crippen LogP contribution in [-0.4, -0.2) is 21.7 Å². The molecule has 2 rings (SSSR count). The standard InChI is InChI=1S/C14H14N2O2S/c15-14(19)11-5-3-7-13(16-11)18-12-6-2-1-4-10(12)8-9-17/h1-7,17H,8-9H2,(H2,15,19). The SMILES string of the molecule is NC(=S)c1cccc(Oc2ccccc2CCO)n1. The zero-order valence-electron chi connectivity index (χ0n) is 10.2. The Labute approximate surface area is 116 Å². The number of ether oxygens (including phenoxy) is 1. The van der Waals surface area contributed by atoms with Gasteiger partial charge in [0.25, 0.3) is 0 Å². The van der Waals surface area contributed by atoms with Crippen molar-refractivity contribution in [2.45, 2.75) is 6.42 Å². The topological polar surface area (TPSA) is 68.4 Å². The van der Waals surface area contributed by atoms with Gasteiger partial charge in [0.1, 0.15) is 16.4 Å². The molecule has 0 unspecified atom stereocenters. The molecule has 1 aromatic carbocycles. The zero-order chi connectivity index (χ0) is 13.7. The van der Waals surface area contributed by atoms with E-state index in [9.17, 15) is 0 Å². The van der Waals surface area contributed by atoms with Crippen LogP contribution in [-0.2, 0) is 6.42 Å². The van der Waals surface area contributed by atoms with Gasteiger partial charge >= 0.3 is 0 Å². The van der Waals surface area contributed by atoms with Crippen molar-refractivity contribution in [3.63, 3.8) is 0 Å². The summed E-state index contributed by atoms with van der Waals surface area (Å²) < 4.78 is 5.72. The van der Waals surface area contributed by atoms with Gasteiger partial charge in [0.2, 0.25) is 5.88 Å². The number of nitrogens with two attached hydrogens (primary N) is 1. The normalized spacial score (nSPS) is 10.2. The lowest BCUT2D eigenvalue weighted by Gasteiger charge is -2.10. The maximum absolute atomic E-state index is 9.02. The molecule has 0 radical (unpaired) electrons. The highest BCUT2D eigenvalue weighted by Crippen LogP contribution is 2.24. The van der Waals surface area contributed by atoms with Gasteiger partial charge in [-0.1, -0.05) is 36.5 Å². The van der Waals surface area contributed by atoms with Crippen LogP contribution in [0.1, 0.15) is 11.3 Å². The van der Waals surface area contributed by atoms with Crippen molar-refractivity contribution in [3.05, 3.63) is 53.7 Å². The van der Waals surface area contributed by atoms with Crippen molar-refractivity contribution in [2.75, 3.05) is 6.61 Å². The van der Waals surface area contributed by atoms with E-state index in [0.29, 0.717) is 23.7 Å². The maximum atomic E-state index is 9.02. The summed E-state index contributed by atoms with van der Waals surface area (Å²) in [6.45, 7) is 0.0702. The Morgan fingerprint density at radius 3 is 2.74 bits per heavy atom. The molecular formula is C14H14N2O2S. The molecule has 0 fully saturated rings. The first kappa shape index (κ1) is 13.5. The van der Waals surface area contributed by atoms with Crippen LogP contribution in [0.5, 0.6) is 11.6 Å². The Morgan fingerprint density at radius 1 is 1.21 bits per heavy atom. The number of aliphatic hydroxyl groups is 1. The first-order valence-corrected chi connectivity index (χ1v) is 6.25. The van der Waals surface area contributed by atoms with E-state index in [1.54, 1.807) is 18.2 Å². The number of rotatable bonds is 5. The molecule has 0 saturated heterocycles. The molecule has 2 aromatic rings. The maximum Gasteiger partial charge on any atom is 0.219 e. The smallest absolute Gasteiger partial charge is 0.219 e. The highest BCUT2D eigenvalue weighted by atomic mass is 32.1. The van der Waals surface area contributed by atoms with Gasteiger partial charge in [0.15, 0.2) is 0 Å². The van der Waals surface area contributed by atoms with Gasteiger partial charge in [-0.05, 0) is 24.1 Å². The number of pyridine rings is 1. The largest absolute Gasteiger partial charge is 0.439 e. The molecule has 0 aliphatic carbocycles. The second-order valence-electron chi connectivity index (χ2n) is 3.91. The molecule has 0 bridgehead atoms. The third-order valence-corrected chi connectivity index (χ3v) is 2.75. The van der Waals surface area contributed by atoms with E-state index in [4.69, 9.17) is 27.8 Å². The molecule has 1 aromatic heterocycles. The Balaban J connectivity index is 2.26. The van der Waals surface area contributed by atoms with E-state index >= 15 is 0 Å². The van der Waals surface area contributed by atoms with Gasteiger partial charge in [-0.3, -0.25) is 0 Å². The van der Waals surface area contributed by atoms with Gasteiger partial charge in [-0.25, -0.2) is 4.98 Å². The van der Waals surface area contributed by atoms with Gasteiger partial charge in [0.05, 0.1) is 0 Å². The second kappa shape index (κ2) is 6.26. The number of nitrogens with zero attached hydrogens (tertiary/aromatic N) is 1. The Hall–Kier alpha value is -1.98. The summed E-state index contributed by atoms with van der Waals surface area (Å²) in [5.41, 5.74) is 6.98. The minimum absolute atomic E-state index is 0.0702. The van der Waals surface area contributed by atoms with Crippen LogP contribution in [0.3, 0.4) is 0 Å². The second-order valence-corrected chi connectivity index (χ2v) is 4.35. The number of thiocarbonyl (C=S) groups is 1. The van der Waals surface area contributed by atoms with Crippen molar-refractivity contribution in [3.8, 4) is 11.6 Å². The molecule has 0 spiro atoms. The lowest BCUT2D eigenvalue weighted by atomic mass is 10.1. The molecule has 0 atom stereocenters.